The normalized spacial score (nSPS) is 9.30. The van der Waals surface area contributed by atoms with Crippen LogP contribution < -0.4 is 0 Å². The molecule has 0 unspecified atom stereocenters. The van der Waals surface area contributed by atoms with Gasteiger partial charge in [-0.15, -0.1) is 0 Å². The van der Waals surface area contributed by atoms with Crippen LogP contribution in [0.15, 0.2) is 4.40 Å². The van der Waals surface area contributed by atoms with Gasteiger partial charge in [0.25, 0.3) is 0 Å². The summed E-state index contributed by atoms with van der Waals surface area (Å²) in [5.74, 6) is 0.698. The molecule has 0 radical (unpaired) electrons. The number of rotatable bonds is 2. The van der Waals surface area contributed by atoms with Crippen molar-refractivity contribution in [3.63, 3.8) is 0 Å². The average Bonchev–Trinajstić information content (AvgIpc) is 1.68. The highest BCUT2D eigenvalue weighted by molar-refractivity contribution is 14.2. The Bertz CT molecular complexity index is 91.3. The molecule has 0 aliphatic carbocycles. The molecular weight excluding hydrogens is 396 g/mol. The molecule has 0 saturated carbocycles. The molecule has 0 aromatic rings. The lowest BCUT2D eigenvalue weighted by Gasteiger charge is -1.92. The Labute approximate surface area is 95.9 Å². The molecule has 64 valence electrons. The van der Waals surface area contributed by atoms with E-state index in [4.69, 9.17) is 4.18 Å². The number of halogens is 2. The Morgan fingerprint density at radius 3 is 2.20 bits per heavy atom. The van der Waals surface area contributed by atoms with Crippen LogP contribution in [0.1, 0.15) is 21.8 Å². The van der Waals surface area contributed by atoms with Crippen molar-refractivity contribution in [3.8, 4) is 0 Å². The van der Waals surface area contributed by atoms with E-state index in [-0.39, 0.29) is 14.9 Å². The number of hydrogen-bond acceptors (Lipinski definition) is 4. The predicted octanol–water partition coefficient (Wildman–Crippen LogP) is 4.69. The van der Waals surface area contributed by atoms with E-state index in [0.29, 0.717) is 5.90 Å². The zero-order valence-electron chi connectivity index (χ0n) is 3.93. The Morgan fingerprint density at radius 1 is 1.40 bits per heavy atom. The molecule has 0 saturated heterocycles. The quantitative estimate of drug-likeness (QED) is 0.218. The molecular formula is C4H11I2NOS2. The first kappa shape index (κ1) is 17.6. The van der Waals surface area contributed by atoms with Gasteiger partial charge in [-0.3, -0.25) is 0 Å². The van der Waals surface area contributed by atoms with Gasteiger partial charge in [0, 0.05) is 49.3 Å². The van der Waals surface area contributed by atoms with E-state index < -0.39 is 0 Å². The summed E-state index contributed by atoms with van der Waals surface area (Å²) >= 11 is 4.12. The molecule has 0 rings (SSSR count). The maximum Gasteiger partial charge on any atom is 0.209 e. The molecule has 0 atom stereocenters. The fraction of sp³-hybridized carbons (Fsp3) is 0.750. The first-order valence-electron chi connectivity index (χ1n) is 1.59. The first-order valence-corrected chi connectivity index (χ1v) is 8.19. The highest BCUT2D eigenvalue weighted by Gasteiger charge is 1.86. The summed E-state index contributed by atoms with van der Waals surface area (Å²) in [6, 6.07) is 0. The lowest BCUT2D eigenvalue weighted by Crippen LogP contribution is -1.85. The zero-order valence-corrected chi connectivity index (χ0v) is 9.88. The van der Waals surface area contributed by atoms with Crippen molar-refractivity contribution >= 4 is 66.6 Å². The first-order chi connectivity index (χ1) is 3.81. The van der Waals surface area contributed by atoms with Crippen LogP contribution in [-0.2, 0) is 4.18 Å². The van der Waals surface area contributed by atoms with Gasteiger partial charge >= 0.3 is 0 Å². The van der Waals surface area contributed by atoms with Crippen molar-refractivity contribution in [1.29, 1.82) is 0 Å². The SMILES string of the molecule is C.C.CC(=NSI)OSI. The van der Waals surface area contributed by atoms with Gasteiger partial charge in [-0.25, -0.2) is 0 Å². The largest absolute Gasteiger partial charge is 0.399 e. The van der Waals surface area contributed by atoms with Gasteiger partial charge in [0.15, 0.2) is 0 Å². The van der Waals surface area contributed by atoms with Gasteiger partial charge in [0.1, 0.15) is 9.21 Å². The Balaban J connectivity index is -0.000000245. The summed E-state index contributed by atoms with van der Waals surface area (Å²) in [7, 11) is 2.64. The van der Waals surface area contributed by atoms with Crippen LogP contribution in [0.4, 0.5) is 0 Å². The smallest absolute Gasteiger partial charge is 0.209 e. The zero-order chi connectivity index (χ0) is 6.41. The Hall–Kier alpha value is 1.63. The number of nitrogens with zero attached hydrogens (tertiary/aromatic N) is 1. The standard InChI is InChI=1S/C2H3I2NOS2.2CH4/c1-2(5-7-3)6-8-4;;/h1H3;2*1H4. The van der Waals surface area contributed by atoms with Crippen molar-refractivity contribution < 1.29 is 4.18 Å². The van der Waals surface area contributed by atoms with Crippen LogP contribution >= 0.6 is 60.7 Å². The number of hydrogen-bond donors (Lipinski definition) is 0. The van der Waals surface area contributed by atoms with E-state index >= 15 is 0 Å². The molecule has 0 heterocycles. The van der Waals surface area contributed by atoms with Crippen LogP contribution in [-0.4, -0.2) is 5.90 Å². The highest BCUT2D eigenvalue weighted by atomic mass is 127. The van der Waals surface area contributed by atoms with Crippen molar-refractivity contribution in [1.82, 2.24) is 0 Å². The second-order valence-electron chi connectivity index (χ2n) is 0.826. The van der Waals surface area contributed by atoms with Gasteiger partial charge in [-0.1, -0.05) is 14.9 Å². The summed E-state index contributed by atoms with van der Waals surface area (Å²) in [4.78, 5) is 0. The van der Waals surface area contributed by atoms with Crippen molar-refractivity contribution in [3.05, 3.63) is 0 Å². The van der Waals surface area contributed by atoms with E-state index in [0.717, 1.165) is 0 Å². The maximum atomic E-state index is 4.91. The maximum absolute atomic E-state index is 4.91. The van der Waals surface area contributed by atoms with Crippen LogP contribution in [0.3, 0.4) is 0 Å². The van der Waals surface area contributed by atoms with Crippen molar-refractivity contribution in [2.24, 2.45) is 4.40 Å². The fourth-order valence-electron chi connectivity index (χ4n) is 0.109. The lowest BCUT2D eigenvalue weighted by atomic mass is 10.8. The lowest BCUT2D eigenvalue weighted by molar-refractivity contribution is 0.654. The van der Waals surface area contributed by atoms with E-state index in [1.807, 2.05) is 28.1 Å². The van der Waals surface area contributed by atoms with Gasteiger partial charge in [-0.05, 0) is 0 Å². The summed E-state index contributed by atoms with van der Waals surface area (Å²) in [6.07, 6.45) is 0. The van der Waals surface area contributed by atoms with Gasteiger partial charge in [0.05, 0.1) is 9.12 Å². The molecule has 0 aromatic carbocycles. The van der Waals surface area contributed by atoms with Crippen molar-refractivity contribution in [2.75, 3.05) is 0 Å². The molecule has 0 N–H and O–H groups in total. The molecule has 2 nitrogen and oxygen atoms in total. The third kappa shape index (κ3) is 12.3. The molecule has 0 aromatic heterocycles. The second kappa shape index (κ2) is 13.2. The Kier molecular flexibility index (Phi) is 23.4. The monoisotopic (exact) mass is 407 g/mol. The Morgan fingerprint density at radius 2 is 1.90 bits per heavy atom. The third-order valence-electron chi connectivity index (χ3n) is 0.315. The minimum absolute atomic E-state index is 0. The summed E-state index contributed by atoms with van der Waals surface area (Å²) in [6.45, 7) is 1.82. The molecule has 0 bridgehead atoms. The topological polar surface area (TPSA) is 21.6 Å². The average molecular weight is 407 g/mol. The van der Waals surface area contributed by atoms with E-state index in [1.165, 1.54) is 18.3 Å². The molecule has 0 spiro atoms. The molecule has 0 aliphatic heterocycles. The summed E-state index contributed by atoms with van der Waals surface area (Å²) in [5.41, 5.74) is 0. The molecule has 0 amide bonds. The minimum Gasteiger partial charge on any atom is -0.399 e. The van der Waals surface area contributed by atoms with Crippen LogP contribution in [0.2, 0.25) is 0 Å². The van der Waals surface area contributed by atoms with Crippen LogP contribution in [0.25, 0.3) is 0 Å². The predicted molar refractivity (Wildman–Crippen MR) is 70.9 cm³/mol. The second-order valence-corrected chi connectivity index (χ2v) is 3.70. The third-order valence-corrected chi connectivity index (χ3v) is 2.08. The molecule has 0 fully saturated rings. The van der Waals surface area contributed by atoms with E-state index in [1.54, 1.807) is 0 Å². The molecule has 10 heavy (non-hydrogen) atoms. The minimum atomic E-state index is 0. The fourth-order valence-corrected chi connectivity index (χ4v) is 2.03. The van der Waals surface area contributed by atoms with Crippen molar-refractivity contribution in [2.45, 2.75) is 21.8 Å². The molecule has 0 aliphatic rings. The summed E-state index contributed by atoms with van der Waals surface area (Å²) < 4.78 is 8.80. The van der Waals surface area contributed by atoms with Crippen LogP contribution in [0, 0.1) is 0 Å². The highest BCUT2D eigenvalue weighted by Crippen LogP contribution is 2.17. The van der Waals surface area contributed by atoms with Crippen LogP contribution in [0.5, 0.6) is 0 Å². The van der Waals surface area contributed by atoms with Gasteiger partial charge in [-0.2, -0.15) is 4.40 Å². The van der Waals surface area contributed by atoms with Gasteiger partial charge < -0.3 is 4.18 Å². The van der Waals surface area contributed by atoms with E-state index in [2.05, 4.69) is 25.6 Å². The molecule has 6 heteroatoms. The van der Waals surface area contributed by atoms with Gasteiger partial charge in [0.2, 0.25) is 5.90 Å². The summed E-state index contributed by atoms with van der Waals surface area (Å²) in [5, 5.41) is 0. The van der Waals surface area contributed by atoms with E-state index in [9.17, 15) is 0 Å².